The van der Waals surface area contributed by atoms with Gasteiger partial charge in [0, 0.05) is 87.1 Å². The topological polar surface area (TPSA) is 366 Å². The van der Waals surface area contributed by atoms with Gasteiger partial charge >= 0.3 is 17.3 Å². The molecule has 0 aliphatic rings. The first kappa shape index (κ1) is 68.6. The molecule has 0 radical (unpaired) electrons. The standard InChI is InChI=1S/C22H19ClN4O2S.C11H10N4O3S.C10H6FN3O3S.C9H9ClO2.C6H5FN2O2/c1-13(14-4-3-5-15(23)8-14)20(28)10-21-26-17-9-16(6-7-19(17)27(21)2)25-22(29)18-11-30-12-24-18;1-12-8-3-2-7(4-10(8)15(17)18)14-11(16)9-5-19-6-13-9;11-7-2-1-6(3-9(7)14(16)17)13-10(15)8-4-18-5-12-8;1-6(9(11)12)7-3-2-4-8(10)5-7;7-5-2-1-4(8)3-6(5)9(10)11/h3-9,11-13H,10H2,1-2H3,(H,25,29);2-6,12H,1H3,(H,14,16);1-5H,(H,13,15);2-6H,1H3,(H,11,12);1-3H,8H2. The molecule has 3 amide bonds. The minimum absolute atomic E-state index is 0.0627. The summed E-state index contributed by atoms with van der Waals surface area (Å²) in [6.45, 7) is 3.51. The number of carbonyl (C=O) groups is 5. The summed E-state index contributed by atoms with van der Waals surface area (Å²) in [5.41, 5.74) is 14.2. The summed E-state index contributed by atoms with van der Waals surface area (Å²) in [5.74, 6) is -3.87. The molecule has 10 aromatic rings. The summed E-state index contributed by atoms with van der Waals surface area (Å²) >= 11 is 15.7. The second-order valence-electron chi connectivity index (χ2n) is 18.4. The van der Waals surface area contributed by atoms with Crippen LogP contribution in [0.25, 0.3) is 11.0 Å². The van der Waals surface area contributed by atoms with Gasteiger partial charge < -0.3 is 36.7 Å². The van der Waals surface area contributed by atoms with Crippen LogP contribution in [-0.4, -0.2) is 80.9 Å². The van der Waals surface area contributed by atoms with Crippen LogP contribution < -0.4 is 27.0 Å². The average molecular weight is 1330 g/mol. The van der Waals surface area contributed by atoms with Crippen LogP contribution in [0, 0.1) is 42.0 Å². The maximum Gasteiger partial charge on any atom is 0.310 e. The van der Waals surface area contributed by atoms with Crippen molar-refractivity contribution in [2.45, 2.75) is 32.1 Å². The number of nitrogen functional groups attached to an aromatic ring is 1. The Bertz CT molecular complexity index is 4220. The highest BCUT2D eigenvalue weighted by Crippen LogP contribution is 2.29. The fourth-order valence-electron chi connectivity index (χ4n) is 7.61. The summed E-state index contributed by atoms with van der Waals surface area (Å²) in [5, 5.41) is 56.7. The SMILES string of the molecule is CC(C(=O)Cc1nc2cc(NC(=O)c3cscn3)ccc2n1C)c1cccc(Cl)c1.CC(C(=O)O)c1cccc(Cl)c1.CNc1ccc(NC(=O)c2cscn2)cc1[N+](=O)[O-].Nc1ccc(F)c([N+](=O)[O-])c1.O=C(Nc1ccc(F)c([N+](=O)[O-])c1)c1cscn1. The highest BCUT2D eigenvalue weighted by Gasteiger charge is 2.22. The molecule has 7 N–H and O–H groups in total. The Labute approximate surface area is 530 Å². The molecule has 32 heteroatoms. The number of nitro benzene ring substituents is 3. The monoisotopic (exact) mass is 1320 g/mol. The van der Waals surface area contributed by atoms with Crippen LogP contribution in [0.15, 0.2) is 154 Å². The summed E-state index contributed by atoms with van der Waals surface area (Å²) in [4.78, 5) is 105. The van der Waals surface area contributed by atoms with Crippen molar-refractivity contribution in [3.8, 4) is 0 Å². The number of Topliss-reactive ketones (excluding diaryl/α,β-unsaturated/α-hetero) is 1. The van der Waals surface area contributed by atoms with Crippen molar-refractivity contribution in [3.05, 3.63) is 240 Å². The van der Waals surface area contributed by atoms with E-state index in [-0.39, 0.29) is 52.5 Å². The summed E-state index contributed by atoms with van der Waals surface area (Å²) in [6.07, 6.45) is 0.208. The molecule has 2 unspecified atom stereocenters. The number of aliphatic carboxylic acids is 1. The number of aromatic nitrogens is 5. The maximum absolute atomic E-state index is 13.1. The number of rotatable bonds is 16. The molecule has 0 aliphatic carbocycles. The molecule has 2 atom stereocenters. The van der Waals surface area contributed by atoms with E-state index in [0.717, 1.165) is 40.9 Å². The summed E-state index contributed by atoms with van der Waals surface area (Å²) < 4.78 is 27.5. The van der Waals surface area contributed by atoms with E-state index < -0.39 is 61.5 Å². The lowest BCUT2D eigenvalue weighted by atomic mass is 9.95. The Balaban J connectivity index is 0.000000188. The van der Waals surface area contributed by atoms with Crippen LogP contribution in [0.5, 0.6) is 0 Å². The van der Waals surface area contributed by atoms with Crippen molar-refractivity contribution < 1.29 is 52.6 Å². The molecule has 4 heterocycles. The zero-order chi connectivity index (χ0) is 65.8. The van der Waals surface area contributed by atoms with Crippen molar-refractivity contribution in [3.63, 3.8) is 0 Å². The minimum Gasteiger partial charge on any atom is -0.481 e. The van der Waals surface area contributed by atoms with Gasteiger partial charge in [0.2, 0.25) is 11.6 Å². The van der Waals surface area contributed by atoms with Crippen LogP contribution in [0.1, 0.15) is 74.1 Å². The molecule has 0 saturated heterocycles. The highest BCUT2D eigenvalue weighted by molar-refractivity contribution is 7.08. The van der Waals surface area contributed by atoms with Gasteiger partial charge in [-0.1, -0.05) is 54.4 Å². The number of carbonyl (C=O) groups excluding carboxylic acids is 4. The van der Waals surface area contributed by atoms with E-state index in [9.17, 15) is 63.1 Å². The van der Waals surface area contributed by atoms with Gasteiger partial charge in [-0.25, -0.2) is 19.9 Å². The van der Waals surface area contributed by atoms with Gasteiger partial charge in [-0.15, -0.1) is 34.0 Å². The van der Waals surface area contributed by atoms with Crippen molar-refractivity contribution in [2.75, 3.05) is 34.0 Å². The van der Waals surface area contributed by atoms with Gasteiger partial charge in [0.15, 0.2) is 0 Å². The third kappa shape index (κ3) is 19.5. The van der Waals surface area contributed by atoms with Crippen LogP contribution in [0.2, 0.25) is 10.0 Å². The van der Waals surface area contributed by atoms with E-state index in [0.29, 0.717) is 44.1 Å². The van der Waals surface area contributed by atoms with Crippen LogP contribution >= 0.6 is 57.2 Å². The number of aryl methyl sites for hydroxylation is 1. The molecule has 4 aromatic heterocycles. The van der Waals surface area contributed by atoms with E-state index >= 15 is 0 Å². The molecule has 0 saturated carbocycles. The molecule has 0 spiro atoms. The van der Waals surface area contributed by atoms with E-state index in [1.807, 2.05) is 48.9 Å². The lowest BCUT2D eigenvalue weighted by Crippen LogP contribution is -2.14. The normalized spacial score (nSPS) is 11.0. The Hall–Kier alpha value is -10.5. The average Bonchev–Trinajstić information content (AvgIpc) is 2.86. The first-order valence-corrected chi connectivity index (χ1v) is 29.3. The number of thiazole rings is 3. The molecule has 90 heavy (non-hydrogen) atoms. The molecule has 464 valence electrons. The number of imidazole rings is 1. The fourth-order valence-corrected chi connectivity index (χ4v) is 9.60. The third-order valence-corrected chi connectivity index (χ3v) is 14.6. The second kappa shape index (κ2) is 32.4. The number of halogens is 4. The van der Waals surface area contributed by atoms with E-state index in [1.54, 1.807) is 78.2 Å². The number of benzene rings is 6. The van der Waals surface area contributed by atoms with Gasteiger partial charge in [0.25, 0.3) is 23.4 Å². The number of ketones is 1. The zero-order valence-electron chi connectivity index (χ0n) is 47.2. The van der Waals surface area contributed by atoms with Crippen LogP contribution in [0.4, 0.5) is 54.3 Å². The lowest BCUT2D eigenvalue weighted by Gasteiger charge is -2.11. The quantitative estimate of drug-likeness (QED) is 0.0297. The Kier molecular flexibility index (Phi) is 24.7. The van der Waals surface area contributed by atoms with Gasteiger partial charge in [0.05, 0.1) is 54.7 Å². The number of fused-ring (bicyclic) bond motifs is 1. The summed E-state index contributed by atoms with van der Waals surface area (Å²) in [6, 6.07) is 30.5. The number of nitrogens with two attached hydrogens (primary N) is 1. The van der Waals surface area contributed by atoms with E-state index in [2.05, 4.69) is 41.2 Å². The fraction of sp³-hybridized carbons (Fsp3) is 0.121. The largest absolute Gasteiger partial charge is 0.481 e. The number of anilines is 5. The Morgan fingerprint density at radius 1 is 0.611 bits per heavy atom. The van der Waals surface area contributed by atoms with Crippen molar-refractivity contribution in [1.29, 1.82) is 0 Å². The molecular weight excluding hydrogens is 1280 g/mol. The summed E-state index contributed by atoms with van der Waals surface area (Å²) in [7, 11) is 3.48. The number of nitrogens with zero attached hydrogens (tertiary/aromatic N) is 8. The number of nitrogens with one attached hydrogen (secondary N) is 4. The predicted molar refractivity (Wildman–Crippen MR) is 340 cm³/mol. The maximum atomic E-state index is 13.1. The van der Waals surface area contributed by atoms with E-state index in [4.69, 9.17) is 34.0 Å². The molecule has 0 aliphatic heterocycles. The number of hydrogen-bond acceptors (Lipinski definition) is 20. The first-order valence-electron chi connectivity index (χ1n) is 25.7. The number of hydrogen-bond donors (Lipinski definition) is 6. The van der Waals surface area contributed by atoms with Gasteiger partial charge in [0.1, 0.15) is 34.4 Å². The van der Waals surface area contributed by atoms with Crippen LogP contribution in [0.3, 0.4) is 0 Å². The highest BCUT2D eigenvalue weighted by atomic mass is 35.5. The molecule has 6 aromatic carbocycles. The molecule has 0 bridgehead atoms. The Morgan fingerprint density at radius 2 is 1.04 bits per heavy atom. The molecule has 25 nitrogen and oxygen atoms in total. The molecule has 10 rings (SSSR count). The van der Waals surface area contributed by atoms with Gasteiger partial charge in [-0.2, -0.15) is 8.78 Å². The lowest BCUT2D eigenvalue weighted by molar-refractivity contribution is -0.387. The smallest absolute Gasteiger partial charge is 0.310 e. The van der Waals surface area contributed by atoms with Crippen molar-refractivity contribution in [1.82, 2.24) is 24.5 Å². The van der Waals surface area contributed by atoms with Crippen LogP contribution in [-0.2, 0) is 23.1 Å². The molecular formula is C58H49Cl2F2N13O12S3. The second-order valence-corrected chi connectivity index (χ2v) is 21.5. The van der Waals surface area contributed by atoms with Crippen molar-refractivity contribution >= 4 is 143 Å². The zero-order valence-corrected chi connectivity index (χ0v) is 51.2. The minimum atomic E-state index is -0.952. The third-order valence-electron chi connectivity index (χ3n) is 12.4. The van der Waals surface area contributed by atoms with Crippen molar-refractivity contribution in [2.24, 2.45) is 7.05 Å². The van der Waals surface area contributed by atoms with Gasteiger partial charge in [-0.05, 0) is 96.9 Å². The number of carboxylic acid groups (broad SMARTS) is 1. The van der Waals surface area contributed by atoms with E-state index in [1.165, 1.54) is 69.2 Å². The molecule has 0 fully saturated rings. The van der Waals surface area contributed by atoms with Gasteiger partial charge in [-0.3, -0.25) is 54.3 Å². The first-order chi connectivity index (χ1) is 42.8. The Morgan fingerprint density at radius 3 is 1.48 bits per heavy atom. The number of carboxylic acids is 1. The number of amides is 3. The number of nitro groups is 3. The predicted octanol–water partition coefficient (Wildman–Crippen LogP) is 13.5.